The summed E-state index contributed by atoms with van der Waals surface area (Å²) in [4.78, 5) is 15.5. The smallest absolute Gasteiger partial charge is 0.264 e. The number of rotatable bonds is 11. The van der Waals surface area contributed by atoms with Crippen molar-refractivity contribution < 1.29 is 23.1 Å². The maximum absolute atomic E-state index is 13.2. The number of amides is 1. The zero-order chi connectivity index (χ0) is 30.3. The number of anilines is 1. The maximum atomic E-state index is 13.2. The molecule has 2 aliphatic rings. The molecule has 1 heterocycles. The molecule has 1 saturated carbocycles. The van der Waals surface area contributed by atoms with Crippen molar-refractivity contribution in [2.45, 2.75) is 76.3 Å². The predicted molar refractivity (Wildman–Crippen MR) is 170 cm³/mol. The van der Waals surface area contributed by atoms with Crippen LogP contribution in [0, 0.1) is 11.8 Å². The van der Waals surface area contributed by atoms with Crippen molar-refractivity contribution in [3.05, 3.63) is 83.4 Å². The van der Waals surface area contributed by atoms with Crippen LogP contribution in [-0.2, 0) is 23.1 Å². The van der Waals surface area contributed by atoms with Gasteiger partial charge in [-0.05, 0) is 105 Å². The summed E-state index contributed by atoms with van der Waals surface area (Å²) in [5.74, 6) is 0.446. The number of aliphatic hydroxyl groups is 1. The lowest BCUT2D eigenvalue weighted by molar-refractivity contribution is 0.0115. The molecule has 2 N–H and O–H groups in total. The van der Waals surface area contributed by atoms with E-state index in [4.69, 9.17) is 16.3 Å². The van der Waals surface area contributed by atoms with Crippen molar-refractivity contribution in [1.29, 1.82) is 0 Å². The third-order valence-electron chi connectivity index (χ3n) is 8.63. The second kappa shape index (κ2) is 14.6. The van der Waals surface area contributed by atoms with Gasteiger partial charge in [0, 0.05) is 23.7 Å². The van der Waals surface area contributed by atoms with E-state index < -0.39 is 21.2 Å². The summed E-state index contributed by atoms with van der Waals surface area (Å²) in [6.07, 6.45) is 9.34. The van der Waals surface area contributed by atoms with Crippen LogP contribution in [0.15, 0.2) is 61.7 Å². The van der Waals surface area contributed by atoms with Crippen LogP contribution in [0.1, 0.15) is 73.4 Å². The molecule has 2 aromatic rings. The number of ether oxygens (including phenoxy) is 1. The molecule has 4 atom stereocenters. The summed E-state index contributed by atoms with van der Waals surface area (Å²) < 4.78 is 34.2. The third-order valence-corrected chi connectivity index (χ3v) is 10.7. The Balaban J connectivity index is 1.65. The van der Waals surface area contributed by atoms with E-state index in [1.807, 2.05) is 24.3 Å². The Morgan fingerprint density at radius 3 is 2.69 bits per heavy atom. The summed E-state index contributed by atoms with van der Waals surface area (Å²) in [6, 6.07) is 10.9. The zero-order valence-corrected chi connectivity index (χ0v) is 26.0. The highest BCUT2D eigenvalue weighted by Crippen LogP contribution is 2.41. The lowest BCUT2D eigenvalue weighted by Crippen LogP contribution is -2.43. The molecule has 0 saturated heterocycles. The average Bonchev–Trinajstić information content (AvgIpc) is 2.97. The number of nitrogens with one attached hydrogen (secondary N) is 1. The van der Waals surface area contributed by atoms with Crippen LogP contribution in [0.4, 0.5) is 5.69 Å². The monoisotopic (exact) mass is 614 g/mol. The number of nitrogens with zero attached hydrogens (tertiary/aromatic N) is 1. The fourth-order valence-electron chi connectivity index (χ4n) is 5.97. The van der Waals surface area contributed by atoms with Gasteiger partial charge in [0.15, 0.2) is 0 Å². The van der Waals surface area contributed by atoms with Crippen LogP contribution in [0.25, 0.3) is 0 Å². The van der Waals surface area contributed by atoms with E-state index in [2.05, 4.69) is 22.8 Å². The quantitative estimate of drug-likeness (QED) is 0.283. The first-order valence-electron chi connectivity index (χ1n) is 14.9. The van der Waals surface area contributed by atoms with Gasteiger partial charge in [-0.25, -0.2) is 13.1 Å². The van der Waals surface area contributed by atoms with Crippen molar-refractivity contribution in [3.63, 3.8) is 0 Å². The number of aliphatic hydroxyl groups excluding tert-OH is 1. The molecule has 1 aliphatic carbocycles. The summed E-state index contributed by atoms with van der Waals surface area (Å²) in [5, 5.41) is 10.7. The van der Waals surface area contributed by atoms with Crippen molar-refractivity contribution in [1.82, 2.24) is 4.72 Å². The number of carbonyl (C=O) groups excluding carboxylic acids is 1. The van der Waals surface area contributed by atoms with E-state index in [1.54, 1.807) is 25.1 Å². The van der Waals surface area contributed by atoms with Gasteiger partial charge in [0.05, 0.1) is 17.0 Å². The first-order valence-corrected chi connectivity index (χ1v) is 16.9. The van der Waals surface area contributed by atoms with Crippen molar-refractivity contribution >= 4 is 33.2 Å². The van der Waals surface area contributed by atoms with Crippen LogP contribution >= 0.6 is 11.6 Å². The average molecular weight is 615 g/mol. The van der Waals surface area contributed by atoms with Crippen molar-refractivity contribution in [2.24, 2.45) is 11.8 Å². The van der Waals surface area contributed by atoms with Gasteiger partial charge in [-0.2, -0.15) is 0 Å². The molecular weight excluding hydrogens is 572 g/mol. The molecule has 0 radical (unpaired) electrons. The lowest BCUT2D eigenvalue weighted by atomic mass is 9.69. The molecule has 0 bridgehead atoms. The fourth-order valence-corrected chi connectivity index (χ4v) is 7.38. The molecule has 228 valence electrons. The van der Waals surface area contributed by atoms with Crippen LogP contribution in [0.5, 0.6) is 5.75 Å². The number of allylic oxidation sites excluding steroid dienone is 1. The van der Waals surface area contributed by atoms with Crippen LogP contribution in [0.2, 0.25) is 5.02 Å². The zero-order valence-electron chi connectivity index (χ0n) is 24.4. The number of aryl methyl sites for hydroxylation is 1. The van der Waals surface area contributed by atoms with Gasteiger partial charge in [0.25, 0.3) is 5.91 Å². The number of halogens is 1. The Morgan fingerprint density at radius 2 is 2.00 bits per heavy atom. The van der Waals surface area contributed by atoms with E-state index in [0.717, 1.165) is 61.9 Å². The summed E-state index contributed by atoms with van der Waals surface area (Å²) >= 11 is 6.30. The number of hydrogen-bond donors (Lipinski definition) is 2. The van der Waals surface area contributed by atoms with E-state index in [-0.39, 0.29) is 17.6 Å². The molecule has 0 aromatic heterocycles. The lowest BCUT2D eigenvalue weighted by Gasteiger charge is -2.43. The normalized spacial score (nSPS) is 20.4. The highest BCUT2D eigenvalue weighted by molar-refractivity contribution is 7.90. The number of fused-ring (bicyclic) bond motifs is 2. The molecule has 0 spiro atoms. The van der Waals surface area contributed by atoms with Crippen LogP contribution < -0.4 is 14.4 Å². The molecule has 1 aliphatic heterocycles. The SMILES string of the molecule is C=CCC[C@H](O)[C@@H]1CC[C@H]1CN1CCCCc2cc(Cl)ccc2COc2ccc(C(=O)NS(=O)(=O)[C@H](C=C)CC)cc21. The number of hydrogen-bond acceptors (Lipinski definition) is 6. The highest BCUT2D eigenvalue weighted by atomic mass is 35.5. The first kappa shape index (κ1) is 32.1. The van der Waals surface area contributed by atoms with Gasteiger partial charge < -0.3 is 14.7 Å². The molecule has 0 unspecified atom stereocenters. The number of carbonyl (C=O) groups is 1. The van der Waals surface area contributed by atoms with E-state index in [9.17, 15) is 18.3 Å². The Kier molecular flexibility index (Phi) is 11.1. The first-order chi connectivity index (χ1) is 20.2. The van der Waals surface area contributed by atoms with Crippen LogP contribution in [0.3, 0.4) is 0 Å². The van der Waals surface area contributed by atoms with Crippen molar-refractivity contribution in [2.75, 3.05) is 18.0 Å². The molecule has 42 heavy (non-hydrogen) atoms. The summed E-state index contributed by atoms with van der Waals surface area (Å²) in [6.45, 7) is 10.9. The molecular formula is C33H43ClN2O5S. The topological polar surface area (TPSA) is 95.9 Å². The molecule has 1 fully saturated rings. The molecule has 9 heteroatoms. The van der Waals surface area contributed by atoms with Gasteiger partial charge in [-0.15, -0.1) is 13.2 Å². The van der Waals surface area contributed by atoms with Gasteiger partial charge in [0.1, 0.15) is 12.4 Å². The minimum absolute atomic E-state index is 0.209. The standard InChI is InChI=1S/C33H43ClN2O5S/c1-4-7-11-31(37)29-16-13-25(29)21-36-18-9-8-10-23-19-27(34)15-12-26(23)22-41-32-17-14-24(20-30(32)36)33(38)35-42(39,40)28(5-2)6-3/h4-5,12,14-15,17,19-20,25,28-29,31,37H,1-2,6-11,13,16,18,21-22H2,3H3,(H,35,38)/t25-,28+,29+,31-/m0/s1. The minimum Gasteiger partial charge on any atom is -0.487 e. The molecule has 7 nitrogen and oxygen atoms in total. The molecule has 2 aromatic carbocycles. The van der Waals surface area contributed by atoms with Crippen LogP contribution in [-0.4, -0.2) is 43.9 Å². The van der Waals surface area contributed by atoms with Gasteiger partial charge in [-0.1, -0.05) is 36.7 Å². The summed E-state index contributed by atoms with van der Waals surface area (Å²) in [7, 11) is -3.92. The second-order valence-corrected chi connectivity index (χ2v) is 13.7. The fraction of sp³-hybridized carbons (Fsp3) is 0.485. The number of benzene rings is 2. The highest BCUT2D eigenvalue weighted by Gasteiger charge is 2.37. The Morgan fingerprint density at radius 1 is 1.19 bits per heavy atom. The number of sulfonamides is 1. The summed E-state index contributed by atoms with van der Waals surface area (Å²) in [5.41, 5.74) is 3.21. The largest absolute Gasteiger partial charge is 0.487 e. The Labute approximate surface area is 255 Å². The molecule has 1 amide bonds. The van der Waals surface area contributed by atoms with Gasteiger partial charge in [0.2, 0.25) is 10.0 Å². The van der Waals surface area contributed by atoms with Gasteiger partial charge >= 0.3 is 0 Å². The Hall–Kier alpha value is -2.81. The van der Waals surface area contributed by atoms with Gasteiger partial charge in [-0.3, -0.25) is 4.79 Å². The minimum atomic E-state index is -3.92. The Bertz CT molecular complexity index is 1380. The second-order valence-electron chi connectivity index (χ2n) is 11.4. The van der Waals surface area contributed by atoms with E-state index in [0.29, 0.717) is 42.7 Å². The molecule has 4 rings (SSSR count). The van der Waals surface area contributed by atoms with E-state index in [1.165, 1.54) is 6.08 Å². The predicted octanol–water partition coefficient (Wildman–Crippen LogP) is 6.44. The third kappa shape index (κ3) is 7.77. The van der Waals surface area contributed by atoms with E-state index >= 15 is 0 Å². The maximum Gasteiger partial charge on any atom is 0.264 e. The van der Waals surface area contributed by atoms with Crippen molar-refractivity contribution in [3.8, 4) is 5.75 Å².